The molecule has 0 amide bonds. The first-order valence-corrected chi connectivity index (χ1v) is 10.2. The Kier molecular flexibility index (Phi) is 29.4. The second-order valence-electron chi connectivity index (χ2n) is 4.70. The molecule has 0 spiro atoms. The van der Waals surface area contributed by atoms with Crippen LogP contribution in [0.25, 0.3) is 0 Å². The van der Waals surface area contributed by atoms with Crippen molar-refractivity contribution in [1.82, 2.24) is 0 Å². The summed E-state index contributed by atoms with van der Waals surface area (Å²) in [7, 11) is -10.7. The summed E-state index contributed by atoms with van der Waals surface area (Å²) in [4.78, 5) is 34.1. The van der Waals surface area contributed by atoms with Crippen molar-refractivity contribution >= 4 is 15.6 Å². The van der Waals surface area contributed by atoms with Gasteiger partial charge in [0.15, 0.2) is 0 Å². The van der Waals surface area contributed by atoms with Gasteiger partial charge in [-0.2, -0.15) is 0 Å². The van der Waals surface area contributed by atoms with Gasteiger partial charge in [-0.1, -0.05) is 78.1 Å². The van der Waals surface area contributed by atoms with Gasteiger partial charge in [0.05, 0.1) is 0 Å². The van der Waals surface area contributed by atoms with Crippen LogP contribution in [0, 0.1) is 6.92 Å². The second kappa shape index (κ2) is 20.6. The molecule has 0 aromatic rings. The third-order valence-electron chi connectivity index (χ3n) is 2.56. The molecule has 2 atom stereocenters. The Bertz CT molecular complexity index is 291. The number of phosphoric acid groups is 2. The molecule has 0 aliphatic carbocycles. The normalized spacial score (nSPS) is 15.0. The van der Waals surface area contributed by atoms with Crippen molar-refractivity contribution in [1.29, 1.82) is 0 Å². The molecule has 0 aromatic heterocycles. The van der Waals surface area contributed by atoms with E-state index in [0.29, 0.717) is 0 Å². The number of unbranched alkanes of at least 4 members (excludes halogenated alkanes) is 9. The van der Waals surface area contributed by atoms with E-state index in [-0.39, 0.29) is 59.1 Å². The topological polar surface area (TPSA) is 130 Å². The van der Waals surface area contributed by atoms with Crippen LogP contribution in [-0.4, -0.2) is 9.79 Å². The van der Waals surface area contributed by atoms with E-state index in [1.54, 1.807) is 0 Å². The van der Waals surface area contributed by atoms with Crippen LogP contribution >= 0.6 is 15.6 Å². The maximum Gasteiger partial charge on any atom is 1.00 e. The third-order valence-corrected chi connectivity index (χ3v) is 4.21. The predicted octanol–water partition coefficient (Wildman–Crippen LogP) is -3.33. The summed E-state index contributed by atoms with van der Waals surface area (Å²) in [5.41, 5.74) is 0. The van der Waals surface area contributed by atoms with Gasteiger partial charge in [-0.05, 0) is 0 Å². The van der Waals surface area contributed by atoms with Crippen LogP contribution in [0.3, 0.4) is 0 Å². The van der Waals surface area contributed by atoms with Gasteiger partial charge in [0.25, 0.3) is 15.6 Å². The van der Waals surface area contributed by atoms with Crippen LogP contribution in [0.15, 0.2) is 0 Å². The van der Waals surface area contributed by atoms with Crippen LogP contribution in [-0.2, 0) is 13.4 Å². The first-order chi connectivity index (χ1) is 9.62. The predicted molar refractivity (Wildman–Crippen MR) is 77.9 cm³/mol. The first-order valence-electron chi connectivity index (χ1n) is 7.20. The standard InChI is InChI=1S/C12H25.2Na.H4O7P2/c1-3-5-7-9-11-12-10-8-6-4-2;;;1-8(2,3)7-9(4,5)6/h1,3-12H2,2H3;;;(H2,1,2,3)(H2,4,5,6)/q;2*+1;/p-2. The first kappa shape index (κ1) is 32.9. The molecule has 0 aliphatic rings. The number of hydrogen-bond donors (Lipinski definition) is 2. The summed E-state index contributed by atoms with van der Waals surface area (Å²) in [5.74, 6) is 0. The minimum absolute atomic E-state index is 0. The third kappa shape index (κ3) is 40.4. The summed E-state index contributed by atoms with van der Waals surface area (Å²) in [6.07, 6.45) is 13.9. The van der Waals surface area contributed by atoms with E-state index in [1.807, 2.05) is 0 Å². The monoisotopic (exact) mass is 391 g/mol. The molecule has 11 heteroatoms. The van der Waals surface area contributed by atoms with E-state index >= 15 is 0 Å². The van der Waals surface area contributed by atoms with E-state index < -0.39 is 15.6 Å². The molecule has 0 saturated heterocycles. The van der Waals surface area contributed by atoms with Crippen molar-refractivity contribution in [3.63, 3.8) is 0 Å². The molecule has 0 saturated carbocycles. The maximum atomic E-state index is 9.48. The quantitative estimate of drug-likeness (QED) is 0.214. The zero-order valence-corrected chi connectivity index (χ0v) is 20.4. The molecule has 23 heavy (non-hydrogen) atoms. The zero-order valence-electron chi connectivity index (χ0n) is 14.6. The smallest absolute Gasteiger partial charge is 0.756 e. The molecule has 0 aliphatic heterocycles. The van der Waals surface area contributed by atoms with Crippen LogP contribution in [0.2, 0.25) is 0 Å². The Morgan fingerprint density at radius 2 is 1.13 bits per heavy atom. The molecular formula is C12H27Na2O7P2. The fraction of sp³-hybridized carbons (Fsp3) is 0.917. The molecule has 7 nitrogen and oxygen atoms in total. The Labute approximate surface area is 184 Å². The van der Waals surface area contributed by atoms with E-state index in [4.69, 9.17) is 9.79 Å². The fourth-order valence-corrected chi connectivity index (χ4v) is 2.66. The molecule has 0 fully saturated rings. The molecule has 0 heterocycles. The fourth-order valence-electron chi connectivity index (χ4n) is 1.62. The number of hydrogen-bond acceptors (Lipinski definition) is 5. The van der Waals surface area contributed by atoms with E-state index in [1.165, 1.54) is 57.8 Å². The summed E-state index contributed by atoms with van der Waals surface area (Å²) in [5, 5.41) is 0. The molecule has 0 rings (SSSR count). The van der Waals surface area contributed by atoms with Crippen molar-refractivity contribution in [3.8, 4) is 0 Å². The molecule has 129 valence electrons. The van der Waals surface area contributed by atoms with Gasteiger partial charge in [0, 0.05) is 0 Å². The van der Waals surface area contributed by atoms with Crippen molar-refractivity contribution in [2.24, 2.45) is 0 Å². The Morgan fingerprint density at radius 3 is 1.35 bits per heavy atom. The zero-order chi connectivity index (χ0) is 16.8. The second-order valence-corrected chi connectivity index (χ2v) is 7.23. The van der Waals surface area contributed by atoms with Crippen LogP contribution < -0.4 is 68.9 Å². The average molecular weight is 391 g/mol. The van der Waals surface area contributed by atoms with Gasteiger partial charge < -0.3 is 19.6 Å². The summed E-state index contributed by atoms with van der Waals surface area (Å²) >= 11 is 0. The minimum atomic E-state index is -5.36. The maximum absolute atomic E-state index is 9.48. The Hall–Kier alpha value is 2.26. The van der Waals surface area contributed by atoms with Gasteiger partial charge in [0.1, 0.15) is 0 Å². The van der Waals surface area contributed by atoms with Crippen LogP contribution in [0.5, 0.6) is 0 Å². The molecule has 2 N–H and O–H groups in total. The Balaban J connectivity index is -0.000000149. The van der Waals surface area contributed by atoms with Crippen molar-refractivity contribution < 1.29 is 92.1 Å². The van der Waals surface area contributed by atoms with E-state index in [9.17, 15) is 18.9 Å². The molecule has 2 unspecified atom stereocenters. The minimum Gasteiger partial charge on any atom is -0.756 e. The van der Waals surface area contributed by atoms with Gasteiger partial charge in [-0.3, -0.25) is 9.13 Å². The summed E-state index contributed by atoms with van der Waals surface area (Å²) < 4.78 is 21.7. The summed E-state index contributed by atoms with van der Waals surface area (Å²) in [6.45, 7) is 6.12. The largest absolute Gasteiger partial charge is 1.00 e. The van der Waals surface area contributed by atoms with Gasteiger partial charge in [0.2, 0.25) is 0 Å². The average Bonchev–Trinajstić information content (AvgIpc) is 2.29. The Morgan fingerprint density at radius 1 is 0.826 bits per heavy atom. The van der Waals surface area contributed by atoms with Gasteiger partial charge in [-0.25, -0.2) is 4.31 Å². The van der Waals surface area contributed by atoms with Gasteiger partial charge >= 0.3 is 59.1 Å². The van der Waals surface area contributed by atoms with E-state index in [0.717, 1.165) is 6.42 Å². The van der Waals surface area contributed by atoms with Gasteiger partial charge in [-0.15, -0.1) is 0 Å². The molecule has 0 aromatic carbocycles. The molecule has 0 bridgehead atoms. The number of rotatable bonds is 11. The molecular weight excluding hydrogens is 364 g/mol. The summed E-state index contributed by atoms with van der Waals surface area (Å²) in [6, 6.07) is 0. The van der Waals surface area contributed by atoms with Crippen LogP contribution in [0.4, 0.5) is 0 Å². The van der Waals surface area contributed by atoms with Crippen molar-refractivity contribution in [3.05, 3.63) is 6.92 Å². The van der Waals surface area contributed by atoms with E-state index in [2.05, 4.69) is 18.2 Å². The molecule has 1 radical (unpaired) electrons. The SMILES string of the molecule is O=P([O-])(O)OP(=O)([O-])O.[CH2]CCCCCCCCCCC.[Na+].[Na+]. The van der Waals surface area contributed by atoms with Crippen LogP contribution in [0.1, 0.15) is 71.1 Å². The van der Waals surface area contributed by atoms with Crippen molar-refractivity contribution in [2.75, 3.05) is 0 Å². The van der Waals surface area contributed by atoms with Crippen molar-refractivity contribution in [2.45, 2.75) is 71.1 Å².